The maximum atomic E-state index is 9.08. The van der Waals surface area contributed by atoms with Gasteiger partial charge in [0.2, 0.25) is 0 Å². The van der Waals surface area contributed by atoms with Crippen molar-refractivity contribution < 1.29 is 5.11 Å². The van der Waals surface area contributed by atoms with Crippen molar-refractivity contribution in [3.05, 3.63) is 0 Å². The minimum Gasteiger partial charge on any atom is -0.396 e. The molecule has 1 atom stereocenters. The maximum Gasteiger partial charge on any atom is 0.0445 e. The molecule has 2 aliphatic rings. The number of hydrogen-bond donors (Lipinski definition) is 2. The summed E-state index contributed by atoms with van der Waals surface area (Å²) in [6.07, 6.45) is 10.6. The van der Waals surface area contributed by atoms with Crippen LogP contribution in [0.25, 0.3) is 0 Å². The van der Waals surface area contributed by atoms with E-state index in [4.69, 9.17) is 5.11 Å². The Hall–Kier alpha value is -0.0800. The molecule has 94 valence electrons. The van der Waals surface area contributed by atoms with Crippen LogP contribution in [0.4, 0.5) is 0 Å². The van der Waals surface area contributed by atoms with Crippen LogP contribution in [0.2, 0.25) is 0 Å². The summed E-state index contributed by atoms with van der Waals surface area (Å²) in [6, 6.07) is 1.34. The first kappa shape index (κ1) is 12.4. The Balaban J connectivity index is 1.71. The number of aliphatic hydroxyl groups is 1. The lowest BCUT2D eigenvalue weighted by Gasteiger charge is -2.32. The number of aliphatic hydroxyl groups excluding tert-OH is 1. The summed E-state index contributed by atoms with van der Waals surface area (Å²) in [7, 11) is 0. The van der Waals surface area contributed by atoms with Crippen molar-refractivity contribution in [1.29, 1.82) is 0 Å². The molecule has 2 N–H and O–H groups in total. The lowest BCUT2D eigenvalue weighted by Crippen LogP contribution is -2.42. The third kappa shape index (κ3) is 3.46. The Morgan fingerprint density at radius 3 is 2.31 bits per heavy atom. The van der Waals surface area contributed by atoms with Crippen LogP contribution >= 0.6 is 0 Å². The van der Waals surface area contributed by atoms with Crippen LogP contribution < -0.4 is 5.32 Å². The van der Waals surface area contributed by atoms with Gasteiger partial charge in [-0.3, -0.25) is 0 Å². The highest BCUT2D eigenvalue weighted by Gasteiger charge is 2.32. The zero-order valence-electron chi connectivity index (χ0n) is 10.6. The Kier molecular flexibility index (Phi) is 4.66. The van der Waals surface area contributed by atoms with Gasteiger partial charge in [-0.2, -0.15) is 0 Å². The highest BCUT2D eigenvalue weighted by atomic mass is 16.3. The van der Waals surface area contributed by atoms with E-state index in [1.165, 1.54) is 44.9 Å². The van der Waals surface area contributed by atoms with Crippen molar-refractivity contribution in [2.75, 3.05) is 6.61 Å². The Labute approximate surface area is 99.8 Å². The fraction of sp³-hybridized carbons (Fsp3) is 1.00. The fourth-order valence-corrected chi connectivity index (χ4v) is 3.13. The summed E-state index contributed by atoms with van der Waals surface area (Å²) in [5.74, 6) is 1.85. The van der Waals surface area contributed by atoms with Crippen LogP contribution in [0.1, 0.15) is 58.3 Å². The van der Waals surface area contributed by atoms with Crippen LogP contribution in [0.5, 0.6) is 0 Å². The monoisotopic (exact) mass is 225 g/mol. The number of nitrogens with one attached hydrogen (secondary N) is 1. The van der Waals surface area contributed by atoms with E-state index in [0.29, 0.717) is 12.6 Å². The van der Waals surface area contributed by atoms with Gasteiger partial charge in [0, 0.05) is 18.7 Å². The van der Waals surface area contributed by atoms with Crippen LogP contribution in [-0.2, 0) is 0 Å². The average Bonchev–Trinajstić information content (AvgIpc) is 3.13. The van der Waals surface area contributed by atoms with Gasteiger partial charge in [-0.05, 0) is 56.8 Å². The molecule has 2 rings (SSSR count). The second-order valence-electron chi connectivity index (χ2n) is 5.75. The summed E-state index contributed by atoms with van der Waals surface area (Å²) in [5, 5.41) is 12.9. The first-order chi connectivity index (χ1) is 7.83. The molecule has 2 fully saturated rings. The van der Waals surface area contributed by atoms with Crippen molar-refractivity contribution in [2.45, 2.75) is 70.4 Å². The van der Waals surface area contributed by atoms with Gasteiger partial charge < -0.3 is 10.4 Å². The summed E-state index contributed by atoms with van der Waals surface area (Å²) in [5.41, 5.74) is 0. The highest BCUT2D eigenvalue weighted by molar-refractivity contribution is 4.89. The molecule has 16 heavy (non-hydrogen) atoms. The zero-order valence-corrected chi connectivity index (χ0v) is 10.6. The van der Waals surface area contributed by atoms with E-state index in [1.54, 1.807) is 0 Å². The van der Waals surface area contributed by atoms with Gasteiger partial charge in [0.1, 0.15) is 0 Å². The van der Waals surface area contributed by atoms with Crippen LogP contribution in [0, 0.1) is 11.8 Å². The molecule has 0 aromatic heterocycles. The zero-order chi connectivity index (χ0) is 11.4. The Morgan fingerprint density at radius 2 is 1.81 bits per heavy atom. The summed E-state index contributed by atoms with van der Waals surface area (Å²) < 4.78 is 0. The van der Waals surface area contributed by atoms with Gasteiger partial charge in [0.05, 0.1) is 0 Å². The molecule has 2 heteroatoms. The van der Waals surface area contributed by atoms with Gasteiger partial charge >= 0.3 is 0 Å². The normalized spacial score (nSPS) is 32.6. The van der Waals surface area contributed by atoms with E-state index in [0.717, 1.165) is 24.3 Å². The minimum absolute atomic E-state index is 0.346. The first-order valence-electron chi connectivity index (χ1n) is 7.20. The molecule has 0 aromatic carbocycles. The van der Waals surface area contributed by atoms with Crippen molar-refractivity contribution in [1.82, 2.24) is 5.32 Å². The lowest BCUT2D eigenvalue weighted by molar-refractivity contribution is 0.222. The Bertz CT molecular complexity index is 195. The van der Waals surface area contributed by atoms with E-state index < -0.39 is 0 Å². The number of rotatable bonds is 6. The summed E-state index contributed by atoms with van der Waals surface area (Å²) in [4.78, 5) is 0. The molecule has 0 spiro atoms. The van der Waals surface area contributed by atoms with Gasteiger partial charge in [0.25, 0.3) is 0 Å². The van der Waals surface area contributed by atoms with E-state index >= 15 is 0 Å². The van der Waals surface area contributed by atoms with E-state index in [9.17, 15) is 0 Å². The van der Waals surface area contributed by atoms with E-state index in [-0.39, 0.29) is 0 Å². The maximum absolute atomic E-state index is 9.08. The molecule has 0 heterocycles. The number of hydrogen-bond acceptors (Lipinski definition) is 2. The third-order valence-electron chi connectivity index (χ3n) is 4.51. The van der Waals surface area contributed by atoms with Crippen molar-refractivity contribution >= 4 is 0 Å². The summed E-state index contributed by atoms with van der Waals surface area (Å²) >= 11 is 0. The second kappa shape index (κ2) is 6.02. The lowest BCUT2D eigenvalue weighted by atomic mass is 9.84. The predicted octanol–water partition coefficient (Wildman–Crippen LogP) is 2.71. The van der Waals surface area contributed by atoms with Crippen molar-refractivity contribution in [3.8, 4) is 0 Å². The molecule has 0 aliphatic heterocycles. The van der Waals surface area contributed by atoms with Crippen LogP contribution in [-0.4, -0.2) is 23.8 Å². The first-order valence-corrected chi connectivity index (χ1v) is 7.20. The average molecular weight is 225 g/mol. The molecule has 0 amide bonds. The molecular weight excluding hydrogens is 198 g/mol. The molecule has 0 radical (unpaired) electrons. The molecule has 1 unspecified atom stereocenters. The third-order valence-corrected chi connectivity index (χ3v) is 4.51. The quantitative estimate of drug-likeness (QED) is 0.728. The minimum atomic E-state index is 0.346. The van der Waals surface area contributed by atoms with E-state index in [2.05, 4.69) is 12.2 Å². The Morgan fingerprint density at radius 1 is 1.12 bits per heavy atom. The van der Waals surface area contributed by atoms with Crippen LogP contribution in [0.3, 0.4) is 0 Å². The highest BCUT2D eigenvalue weighted by Crippen LogP contribution is 2.35. The van der Waals surface area contributed by atoms with Gasteiger partial charge in [0.15, 0.2) is 0 Å². The summed E-state index contributed by atoms with van der Waals surface area (Å²) in [6.45, 7) is 2.66. The smallest absolute Gasteiger partial charge is 0.0445 e. The van der Waals surface area contributed by atoms with Gasteiger partial charge in [-0.25, -0.2) is 0 Å². The largest absolute Gasteiger partial charge is 0.396 e. The van der Waals surface area contributed by atoms with Gasteiger partial charge in [-0.1, -0.05) is 13.3 Å². The van der Waals surface area contributed by atoms with Crippen molar-refractivity contribution in [3.63, 3.8) is 0 Å². The topological polar surface area (TPSA) is 32.3 Å². The molecule has 2 aliphatic carbocycles. The molecule has 0 saturated heterocycles. The van der Waals surface area contributed by atoms with E-state index in [1.807, 2.05) is 0 Å². The molecule has 0 bridgehead atoms. The van der Waals surface area contributed by atoms with Crippen LogP contribution in [0.15, 0.2) is 0 Å². The fourth-order valence-electron chi connectivity index (χ4n) is 3.13. The second-order valence-corrected chi connectivity index (χ2v) is 5.75. The van der Waals surface area contributed by atoms with Crippen molar-refractivity contribution in [2.24, 2.45) is 11.8 Å². The molecule has 2 nitrogen and oxygen atoms in total. The molecular formula is C14H27NO. The standard InChI is InChI=1S/C14H27NO/c1-2-11-3-7-13(8-4-11)15-14(9-10-16)12-5-6-12/h11-16H,2-10H2,1H3. The van der Waals surface area contributed by atoms with Gasteiger partial charge in [-0.15, -0.1) is 0 Å². The predicted molar refractivity (Wildman–Crippen MR) is 67.4 cm³/mol. The SMILES string of the molecule is CCC1CCC(NC(CCO)C2CC2)CC1. The molecule has 0 aromatic rings. The molecule has 2 saturated carbocycles.